The van der Waals surface area contributed by atoms with Crippen LogP contribution in [0, 0.1) is 13.8 Å². The van der Waals surface area contributed by atoms with Gasteiger partial charge >= 0.3 is 0 Å². The van der Waals surface area contributed by atoms with Crippen LogP contribution in [0.3, 0.4) is 0 Å². The summed E-state index contributed by atoms with van der Waals surface area (Å²) in [6.45, 7) is 8.51. The van der Waals surface area contributed by atoms with Gasteiger partial charge in [-0.15, -0.1) is 0 Å². The van der Waals surface area contributed by atoms with Crippen molar-refractivity contribution >= 4 is 18.5 Å². The maximum atomic E-state index is 6.38. The van der Waals surface area contributed by atoms with Crippen molar-refractivity contribution in [1.29, 1.82) is 0 Å². The van der Waals surface area contributed by atoms with E-state index in [1.54, 1.807) is 7.11 Å². The van der Waals surface area contributed by atoms with Gasteiger partial charge < -0.3 is 4.74 Å². The second kappa shape index (κ2) is 4.58. The van der Waals surface area contributed by atoms with Gasteiger partial charge in [0.25, 0.3) is 0 Å². The summed E-state index contributed by atoms with van der Waals surface area (Å²) in [5, 5.41) is 0. The first kappa shape index (κ1) is 12.6. The average Bonchev–Trinajstić information content (AvgIpc) is 1.99. The van der Waals surface area contributed by atoms with E-state index in [0.29, 0.717) is 0 Å². The molecule has 1 aromatic carbocycles. The van der Waals surface area contributed by atoms with Gasteiger partial charge in [-0.05, 0) is 31.0 Å². The molecule has 0 aliphatic rings. The Morgan fingerprint density at radius 3 is 2.33 bits per heavy atom. The Kier molecular flexibility index (Phi) is 3.85. The van der Waals surface area contributed by atoms with Crippen LogP contribution >= 0.6 is 11.1 Å². The summed E-state index contributed by atoms with van der Waals surface area (Å²) in [7, 11) is 0.127. The minimum absolute atomic E-state index is 0.959. The summed E-state index contributed by atoms with van der Waals surface area (Å²) in [6.07, 6.45) is 0. The Morgan fingerprint density at radius 2 is 1.87 bits per heavy atom. The molecule has 1 rings (SSSR count). The van der Waals surface area contributed by atoms with Crippen LogP contribution in [-0.2, 0) is 6.04 Å². The number of benzene rings is 1. The van der Waals surface area contributed by atoms with Crippen LogP contribution in [0.2, 0.25) is 13.1 Å². The van der Waals surface area contributed by atoms with Crippen LogP contribution in [0.1, 0.15) is 16.7 Å². The monoisotopic (exact) mass is 242 g/mol. The predicted octanol–water partition coefficient (Wildman–Crippen LogP) is 3.84. The van der Waals surface area contributed by atoms with E-state index in [1.807, 2.05) is 0 Å². The zero-order chi connectivity index (χ0) is 11.6. The Labute approximate surface area is 98.1 Å². The van der Waals surface area contributed by atoms with Gasteiger partial charge in [0, 0.05) is 0 Å². The fourth-order valence-electron chi connectivity index (χ4n) is 1.92. The molecule has 0 aromatic heterocycles. The third-order valence-electron chi connectivity index (χ3n) is 2.31. The molecule has 0 radical (unpaired) electrons. The molecule has 0 unspecified atom stereocenters. The van der Waals surface area contributed by atoms with E-state index in [2.05, 4.69) is 39.1 Å². The highest BCUT2D eigenvalue weighted by Gasteiger charge is 2.20. The lowest BCUT2D eigenvalue weighted by molar-refractivity contribution is 0.408. The minimum Gasteiger partial charge on any atom is -0.496 e. The third-order valence-corrected chi connectivity index (χ3v) is 3.93. The first-order valence-electron chi connectivity index (χ1n) is 5.16. The maximum absolute atomic E-state index is 6.38. The van der Waals surface area contributed by atoms with Crippen molar-refractivity contribution in [2.24, 2.45) is 0 Å². The van der Waals surface area contributed by atoms with Gasteiger partial charge in [-0.25, -0.2) is 0 Å². The van der Waals surface area contributed by atoms with E-state index in [1.165, 1.54) is 16.7 Å². The minimum atomic E-state index is -1.60. The quantitative estimate of drug-likeness (QED) is 0.578. The molecule has 0 amide bonds. The standard InChI is InChI=1S/C12H19ClOSi/c1-9-6-10(2)12(14-3)11(7-9)8-15(4,5)13/h6-7H,8H2,1-5H3. The number of ether oxygens (including phenoxy) is 1. The van der Waals surface area contributed by atoms with Crippen LogP contribution < -0.4 is 4.74 Å². The number of hydrogen-bond donors (Lipinski definition) is 0. The van der Waals surface area contributed by atoms with Crippen LogP contribution in [0.15, 0.2) is 12.1 Å². The lowest BCUT2D eigenvalue weighted by Crippen LogP contribution is -2.21. The number of methoxy groups -OCH3 is 1. The van der Waals surface area contributed by atoms with Crippen LogP contribution in [0.25, 0.3) is 0 Å². The van der Waals surface area contributed by atoms with Gasteiger partial charge in [0.1, 0.15) is 5.75 Å². The van der Waals surface area contributed by atoms with Crippen LogP contribution in [0.5, 0.6) is 5.75 Å². The molecule has 1 nitrogen and oxygen atoms in total. The van der Waals surface area contributed by atoms with E-state index in [4.69, 9.17) is 15.8 Å². The van der Waals surface area contributed by atoms with Crippen molar-refractivity contribution < 1.29 is 4.74 Å². The largest absolute Gasteiger partial charge is 0.496 e. The normalized spacial score (nSPS) is 11.6. The van der Waals surface area contributed by atoms with Crippen molar-refractivity contribution in [3.8, 4) is 5.75 Å². The molecule has 0 N–H and O–H groups in total. The predicted molar refractivity (Wildman–Crippen MR) is 69.5 cm³/mol. The van der Waals surface area contributed by atoms with Gasteiger partial charge in [0.2, 0.25) is 0 Å². The van der Waals surface area contributed by atoms with E-state index >= 15 is 0 Å². The Hall–Kier alpha value is -0.473. The number of rotatable bonds is 3. The lowest BCUT2D eigenvalue weighted by Gasteiger charge is -2.17. The van der Waals surface area contributed by atoms with Crippen molar-refractivity contribution in [3.05, 3.63) is 28.8 Å². The lowest BCUT2D eigenvalue weighted by atomic mass is 10.1. The molecule has 0 bridgehead atoms. The molecule has 0 aliphatic heterocycles. The molecule has 0 heterocycles. The van der Waals surface area contributed by atoms with Crippen molar-refractivity contribution in [1.82, 2.24) is 0 Å². The van der Waals surface area contributed by atoms with E-state index in [-0.39, 0.29) is 0 Å². The highest BCUT2D eigenvalue weighted by molar-refractivity contribution is 7.18. The van der Waals surface area contributed by atoms with Gasteiger partial charge in [-0.3, -0.25) is 0 Å². The highest BCUT2D eigenvalue weighted by Crippen LogP contribution is 2.28. The summed E-state index contributed by atoms with van der Waals surface area (Å²) < 4.78 is 5.44. The number of aryl methyl sites for hydroxylation is 2. The fourth-order valence-corrected chi connectivity index (χ4v) is 3.52. The molecule has 0 fully saturated rings. The van der Waals surface area contributed by atoms with Gasteiger partial charge in [-0.2, -0.15) is 11.1 Å². The molecule has 3 heteroatoms. The molecule has 0 aliphatic carbocycles. The summed E-state index contributed by atoms with van der Waals surface area (Å²) in [6, 6.07) is 5.29. The van der Waals surface area contributed by atoms with Gasteiger partial charge in [0.15, 0.2) is 7.38 Å². The number of hydrogen-bond acceptors (Lipinski definition) is 1. The van der Waals surface area contributed by atoms with E-state index in [0.717, 1.165) is 11.8 Å². The molecule has 0 saturated heterocycles. The second-order valence-corrected chi connectivity index (χ2v) is 11.5. The summed E-state index contributed by atoms with van der Waals surface area (Å²) in [5.74, 6) is 1.00. The first-order valence-corrected chi connectivity index (χ1v) is 9.38. The third kappa shape index (κ3) is 3.54. The van der Waals surface area contributed by atoms with Gasteiger partial charge in [0.05, 0.1) is 7.11 Å². The zero-order valence-electron chi connectivity index (χ0n) is 10.1. The first-order chi connectivity index (χ1) is 6.83. The Balaban J connectivity index is 3.15. The molecule has 0 atom stereocenters. The SMILES string of the molecule is COc1c(C)cc(C)cc1C[Si](C)(C)Cl. The molecule has 84 valence electrons. The fraction of sp³-hybridized carbons (Fsp3) is 0.500. The van der Waals surface area contributed by atoms with Gasteiger partial charge in [-0.1, -0.05) is 30.8 Å². The van der Waals surface area contributed by atoms with Crippen molar-refractivity contribution in [2.75, 3.05) is 7.11 Å². The molecule has 1 aromatic rings. The molecule has 15 heavy (non-hydrogen) atoms. The Bertz CT molecular complexity index is 355. The summed E-state index contributed by atoms with van der Waals surface area (Å²) in [4.78, 5) is 0. The highest BCUT2D eigenvalue weighted by atomic mass is 35.6. The average molecular weight is 243 g/mol. The summed E-state index contributed by atoms with van der Waals surface area (Å²) >= 11 is 6.38. The maximum Gasteiger partial charge on any atom is 0.154 e. The number of halogens is 1. The topological polar surface area (TPSA) is 9.23 Å². The Morgan fingerprint density at radius 1 is 1.27 bits per heavy atom. The molecular weight excluding hydrogens is 224 g/mol. The zero-order valence-corrected chi connectivity index (χ0v) is 11.9. The molecular formula is C12H19ClOSi. The molecule has 0 spiro atoms. The van der Waals surface area contributed by atoms with Crippen LogP contribution in [0.4, 0.5) is 0 Å². The van der Waals surface area contributed by atoms with Crippen molar-refractivity contribution in [3.63, 3.8) is 0 Å². The smallest absolute Gasteiger partial charge is 0.154 e. The van der Waals surface area contributed by atoms with E-state index in [9.17, 15) is 0 Å². The van der Waals surface area contributed by atoms with Crippen molar-refractivity contribution in [2.45, 2.75) is 33.0 Å². The summed E-state index contributed by atoms with van der Waals surface area (Å²) in [5.41, 5.74) is 3.72. The second-order valence-electron chi connectivity index (χ2n) is 4.67. The van der Waals surface area contributed by atoms with Crippen LogP contribution in [-0.4, -0.2) is 14.5 Å². The molecule has 0 saturated carbocycles. The van der Waals surface area contributed by atoms with E-state index < -0.39 is 7.38 Å².